The number of likely N-dealkylation sites (tertiary alicyclic amines) is 1. The Hall–Kier alpha value is -4.66. The van der Waals surface area contributed by atoms with Gasteiger partial charge in [0.15, 0.2) is 0 Å². The number of aliphatic hydroxyl groups excluding tert-OH is 1. The van der Waals surface area contributed by atoms with Crippen molar-refractivity contribution in [2.75, 3.05) is 21.3 Å². The molecule has 1 heterocycles. The number of Topliss-reactive ketones (excluding diaryl/α,β-unsaturated/α-hetero) is 1. The summed E-state index contributed by atoms with van der Waals surface area (Å²) in [7, 11) is 4.11. The third-order valence-corrected chi connectivity index (χ3v) is 6.09. The number of carbonyl (C=O) groups excluding carboxylic acids is 3. The molecular formula is C28H24FNO7. The Morgan fingerprint density at radius 3 is 2.35 bits per heavy atom. The average molecular weight is 505 g/mol. The number of hydrogen-bond acceptors (Lipinski definition) is 7. The van der Waals surface area contributed by atoms with Gasteiger partial charge in [0.25, 0.3) is 11.7 Å². The Morgan fingerprint density at radius 1 is 0.973 bits per heavy atom. The van der Waals surface area contributed by atoms with Gasteiger partial charge in [0.05, 0.1) is 44.1 Å². The molecule has 1 aliphatic heterocycles. The molecule has 1 saturated heterocycles. The summed E-state index contributed by atoms with van der Waals surface area (Å²) in [6, 6.07) is 15.6. The molecule has 1 unspecified atom stereocenters. The maximum absolute atomic E-state index is 14.1. The molecule has 1 aliphatic rings. The van der Waals surface area contributed by atoms with Crippen molar-refractivity contribution < 1.29 is 38.1 Å². The molecule has 0 bridgehead atoms. The van der Waals surface area contributed by atoms with Crippen LogP contribution in [-0.2, 0) is 20.9 Å². The lowest BCUT2D eigenvalue weighted by Crippen LogP contribution is -2.29. The third-order valence-electron chi connectivity index (χ3n) is 6.09. The minimum Gasteiger partial charge on any atom is -0.507 e. The molecule has 8 nitrogen and oxygen atoms in total. The first-order chi connectivity index (χ1) is 17.8. The molecule has 0 spiro atoms. The van der Waals surface area contributed by atoms with E-state index in [0.717, 1.165) is 12.1 Å². The number of carbonyl (C=O) groups is 3. The second-order valence-corrected chi connectivity index (χ2v) is 8.24. The molecule has 4 rings (SSSR count). The van der Waals surface area contributed by atoms with Crippen molar-refractivity contribution in [1.82, 2.24) is 4.90 Å². The predicted octanol–water partition coefficient (Wildman–Crippen LogP) is 4.25. The number of aliphatic hydroxyl groups is 1. The Kier molecular flexibility index (Phi) is 7.24. The monoisotopic (exact) mass is 505 g/mol. The zero-order chi connectivity index (χ0) is 26.7. The van der Waals surface area contributed by atoms with Crippen LogP contribution in [0.2, 0.25) is 0 Å². The molecule has 190 valence electrons. The summed E-state index contributed by atoms with van der Waals surface area (Å²) in [5, 5.41) is 11.3. The van der Waals surface area contributed by atoms with Gasteiger partial charge in [-0.25, -0.2) is 9.18 Å². The molecule has 9 heteroatoms. The summed E-state index contributed by atoms with van der Waals surface area (Å²) >= 11 is 0. The Balaban J connectivity index is 1.86. The van der Waals surface area contributed by atoms with Crippen LogP contribution in [0.15, 0.2) is 72.3 Å². The van der Waals surface area contributed by atoms with Crippen molar-refractivity contribution in [2.45, 2.75) is 12.6 Å². The van der Waals surface area contributed by atoms with Crippen LogP contribution in [0.3, 0.4) is 0 Å². The average Bonchev–Trinajstić information content (AvgIpc) is 3.17. The molecule has 0 aliphatic carbocycles. The van der Waals surface area contributed by atoms with E-state index in [9.17, 15) is 23.9 Å². The van der Waals surface area contributed by atoms with Crippen molar-refractivity contribution in [3.05, 3.63) is 100 Å². The summed E-state index contributed by atoms with van der Waals surface area (Å²) in [6.45, 7) is -0.00896. The zero-order valence-corrected chi connectivity index (χ0v) is 20.4. The van der Waals surface area contributed by atoms with E-state index in [4.69, 9.17) is 14.2 Å². The summed E-state index contributed by atoms with van der Waals surface area (Å²) in [4.78, 5) is 39.6. The summed E-state index contributed by atoms with van der Waals surface area (Å²) < 4.78 is 29.4. The number of halogens is 1. The van der Waals surface area contributed by atoms with Gasteiger partial charge in [0, 0.05) is 6.54 Å². The lowest BCUT2D eigenvalue weighted by atomic mass is 9.94. The van der Waals surface area contributed by atoms with Gasteiger partial charge in [0.1, 0.15) is 23.1 Å². The van der Waals surface area contributed by atoms with Gasteiger partial charge in [-0.15, -0.1) is 0 Å². The third kappa shape index (κ3) is 4.88. The number of ketones is 1. The molecule has 0 saturated carbocycles. The maximum Gasteiger partial charge on any atom is 0.337 e. The molecular weight excluding hydrogens is 481 g/mol. The van der Waals surface area contributed by atoms with Crippen molar-refractivity contribution in [1.29, 1.82) is 0 Å². The van der Waals surface area contributed by atoms with Crippen molar-refractivity contribution in [2.24, 2.45) is 0 Å². The molecule has 1 atom stereocenters. The number of benzene rings is 3. The van der Waals surface area contributed by atoms with E-state index >= 15 is 0 Å². The number of nitrogens with zero attached hydrogens (tertiary/aromatic N) is 1. The van der Waals surface area contributed by atoms with Crippen LogP contribution in [0, 0.1) is 5.82 Å². The Labute approximate surface area is 212 Å². The highest BCUT2D eigenvalue weighted by Crippen LogP contribution is 2.42. The molecule has 1 N–H and O–H groups in total. The minimum atomic E-state index is -1.01. The lowest BCUT2D eigenvalue weighted by Gasteiger charge is -2.26. The number of methoxy groups -OCH3 is 3. The van der Waals surface area contributed by atoms with E-state index in [1.54, 1.807) is 48.5 Å². The molecule has 1 amide bonds. The number of hydrogen-bond donors (Lipinski definition) is 1. The number of rotatable bonds is 7. The van der Waals surface area contributed by atoms with Crippen molar-refractivity contribution >= 4 is 23.4 Å². The fourth-order valence-electron chi connectivity index (χ4n) is 4.27. The van der Waals surface area contributed by atoms with Crippen LogP contribution >= 0.6 is 0 Å². The molecule has 0 aromatic heterocycles. The normalized spacial score (nSPS) is 16.5. The fourth-order valence-corrected chi connectivity index (χ4v) is 4.27. The molecule has 0 radical (unpaired) electrons. The van der Waals surface area contributed by atoms with E-state index in [0.29, 0.717) is 22.4 Å². The van der Waals surface area contributed by atoms with Crippen LogP contribution in [0.5, 0.6) is 11.5 Å². The quantitative estimate of drug-likeness (QED) is 0.222. The smallest absolute Gasteiger partial charge is 0.337 e. The van der Waals surface area contributed by atoms with Crippen LogP contribution in [0.1, 0.15) is 33.1 Å². The first-order valence-electron chi connectivity index (χ1n) is 11.2. The summed E-state index contributed by atoms with van der Waals surface area (Å²) in [5.74, 6) is -2.88. The highest BCUT2D eigenvalue weighted by atomic mass is 19.1. The van der Waals surface area contributed by atoms with E-state index in [2.05, 4.69) is 0 Å². The van der Waals surface area contributed by atoms with Crippen molar-refractivity contribution in [3.63, 3.8) is 0 Å². The largest absolute Gasteiger partial charge is 0.507 e. The predicted molar refractivity (Wildman–Crippen MR) is 132 cm³/mol. The second-order valence-electron chi connectivity index (χ2n) is 8.24. The number of amides is 1. The highest BCUT2D eigenvalue weighted by molar-refractivity contribution is 6.46. The van der Waals surface area contributed by atoms with Crippen LogP contribution in [0.4, 0.5) is 4.39 Å². The van der Waals surface area contributed by atoms with E-state index in [-0.39, 0.29) is 23.4 Å². The first-order valence-corrected chi connectivity index (χ1v) is 11.2. The van der Waals surface area contributed by atoms with E-state index in [1.165, 1.54) is 32.3 Å². The molecule has 37 heavy (non-hydrogen) atoms. The standard InChI is InChI=1S/C28H24FNO7/c1-35-20-6-4-5-18(13-20)24-23(25(31)21-14-19(29)11-12-22(21)36-2)26(32)27(33)30(24)15-16-7-9-17(10-8-16)28(34)37-3/h4-14,24,31H,15H2,1-3H3/b25-23+. The van der Waals surface area contributed by atoms with Gasteiger partial charge in [-0.1, -0.05) is 24.3 Å². The number of esters is 1. The van der Waals surface area contributed by atoms with Crippen LogP contribution < -0.4 is 9.47 Å². The first kappa shape index (κ1) is 25.4. The van der Waals surface area contributed by atoms with Crippen LogP contribution in [0.25, 0.3) is 5.76 Å². The summed E-state index contributed by atoms with van der Waals surface area (Å²) in [6.07, 6.45) is 0. The van der Waals surface area contributed by atoms with Gasteiger partial charge in [-0.2, -0.15) is 0 Å². The van der Waals surface area contributed by atoms with Gasteiger partial charge < -0.3 is 24.2 Å². The van der Waals surface area contributed by atoms with E-state index < -0.39 is 35.3 Å². The topological polar surface area (TPSA) is 102 Å². The second kappa shape index (κ2) is 10.5. The SMILES string of the molecule is COC(=O)c1ccc(CN2C(=O)C(=O)/C(=C(/O)c3cc(F)ccc3OC)C2c2cccc(OC)c2)cc1. The lowest BCUT2D eigenvalue weighted by molar-refractivity contribution is -0.140. The molecule has 3 aromatic rings. The minimum absolute atomic E-state index is 0.00896. The van der Waals surface area contributed by atoms with Crippen LogP contribution in [-0.4, -0.2) is 49.0 Å². The molecule has 1 fully saturated rings. The molecule has 3 aromatic carbocycles. The Morgan fingerprint density at radius 2 is 1.70 bits per heavy atom. The van der Waals surface area contributed by atoms with Gasteiger partial charge in [-0.3, -0.25) is 9.59 Å². The maximum atomic E-state index is 14.1. The van der Waals surface area contributed by atoms with Gasteiger partial charge in [0.2, 0.25) is 0 Å². The number of ether oxygens (including phenoxy) is 3. The zero-order valence-electron chi connectivity index (χ0n) is 20.4. The Bertz CT molecular complexity index is 1400. The summed E-state index contributed by atoms with van der Waals surface area (Å²) in [5.41, 5.74) is 1.19. The van der Waals surface area contributed by atoms with Gasteiger partial charge >= 0.3 is 5.97 Å². The van der Waals surface area contributed by atoms with Crippen molar-refractivity contribution in [3.8, 4) is 11.5 Å². The van der Waals surface area contributed by atoms with E-state index in [1.807, 2.05) is 0 Å². The van der Waals surface area contributed by atoms with Gasteiger partial charge in [-0.05, 0) is 53.6 Å². The fraction of sp³-hybridized carbons (Fsp3) is 0.179. The highest BCUT2D eigenvalue weighted by Gasteiger charge is 2.46.